The summed E-state index contributed by atoms with van der Waals surface area (Å²) in [6.07, 6.45) is 7.73. The Morgan fingerprint density at radius 2 is 1.82 bits per heavy atom. The molecule has 2 saturated heterocycles. The number of aliphatic hydroxyl groups is 2. The first-order chi connectivity index (χ1) is 16.2. The smallest absolute Gasteiger partial charge is 0.302 e. The molecule has 5 nitrogen and oxygen atoms in total. The van der Waals surface area contributed by atoms with Crippen LogP contribution in [-0.4, -0.2) is 58.5 Å². The lowest BCUT2D eigenvalue weighted by Crippen LogP contribution is -2.63. The quantitative estimate of drug-likeness (QED) is 0.444. The molecule has 190 valence electrons. The lowest BCUT2D eigenvalue weighted by atomic mass is 9.56. The van der Waals surface area contributed by atoms with Crippen LogP contribution in [0.15, 0.2) is 11.1 Å². The number of carbonyl (C=O) groups is 1. The van der Waals surface area contributed by atoms with Crippen LogP contribution in [0.4, 0.5) is 0 Å². The first-order valence-corrected chi connectivity index (χ1v) is 14.2. The maximum atomic E-state index is 11.9. The van der Waals surface area contributed by atoms with Crippen LogP contribution >= 0.6 is 0 Å². The van der Waals surface area contributed by atoms with Crippen molar-refractivity contribution in [3.8, 4) is 0 Å². The van der Waals surface area contributed by atoms with Gasteiger partial charge in [-0.25, -0.2) is 0 Å². The molecule has 4 aliphatic carbocycles. The average Bonchev–Trinajstić information content (AvgIpc) is 3.14. The topological polar surface area (TPSA) is 70.0 Å². The minimum atomic E-state index is -0.294. The van der Waals surface area contributed by atoms with E-state index in [1.807, 2.05) is 0 Å². The molecule has 0 bridgehead atoms. The zero-order chi connectivity index (χ0) is 23.9. The number of aliphatic hydroxyl groups excluding tert-OH is 2. The number of piperidine rings is 2. The largest absolute Gasteiger partial charge is 0.461 e. The molecule has 12 unspecified atom stereocenters. The number of hydrogen-bond acceptors (Lipinski definition) is 5. The number of hydrogen-bond donors (Lipinski definition) is 2. The van der Waals surface area contributed by atoms with E-state index in [4.69, 9.17) is 4.74 Å². The summed E-state index contributed by atoms with van der Waals surface area (Å²) in [5.41, 5.74) is 3.37. The first-order valence-electron chi connectivity index (χ1n) is 14.2. The van der Waals surface area contributed by atoms with Crippen LogP contribution in [0.25, 0.3) is 0 Å². The standard InChI is InChI=1S/C29H45NO4/c1-15-9-27(34-17(3)31)28-16(2)19-5-6-20-21(23(19)14-30(28)13-15)11-24-22(20)12-26(33)25-10-18(32)7-8-29(24,25)4/h15-16,18-21,23,25-28,32-33H,5-14H2,1-4H3. The molecule has 0 aromatic carbocycles. The number of esters is 1. The molecule has 34 heavy (non-hydrogen) atoms. The number of rotatable bonds is 1. The molecule has 2 aliphatic heterocycles. The van der Waals surface area contributed by atoms with Crippen LogP contribution < -0.4 is 0 Å². The number of carbonyl (C=O) groups excluding carboxylic acids is 1. The Morgan fingerprint density at radius 1 is 1.03 bits per heavy atom. The lowest BCUT2D eigenvalue weighted by Gasteiger charge is -2.57. The van der Waals surface area contributed by atoms with Gasteiger partial charge in [-0.15, -0.1) is 0 Å². The third-order valence-corrected chi connectivity index (χ3v) is 11.6. The highest BCUT2D eigenvalue weighted by atomic mass is 16.5. The van der Waals surface area contributed by atoms with Crippen molar-refractivity contribution in [1.82, 2.24) is 4.90 Å². The summed E-state index contributed by atoms with van der Waals surface area (Å²) < 4.78 is 5.90. The van der Waals surface area contributed by atoms with Gasteiger partial charge in [0.25, 0.3) is 0 Å². The van der Waals surface area contributed by atoms with Gasteiger partial charge in [-0.05, 0) is 98.2 Å². The summed E-state index contributed by atoms with van der Waals surface area (Å²) in [6, 6.07) is 0.366. The molecular formula is C29H45NO4. The second-order valence-electron chi connectivity index (χ2n) is 13.4. The number of fused-ring (bicyclic) bond motifs is 7. The van der Waals surface area contributed by atoms with Gasteiger partial charge in [0, 0.05) is 26.1 Å². The summed E-state index contributed by atoms with van der Waals surface area (Å²) in [7, 11) is 0. The Bertz CT molecular complexity index is 868. The van der Waals surface area contributed by atoms with Crippen LogP contribution in [0.5, 0.6) is 0 Å². The van der Waals surface area contributed by atoms with E-state index in [2.05, 4.69) is 25.7 Å². The second-order valence-corrected chi connectivity index (χ2v) is 13.4. The number of allylic oxidation sites excluding steroid dienone is 1. The fourth-order valence-electron chi connectivity index (χ4n) is 10.3. The Morgan fingerprint density at radius 3 is 2.59 bits per heavy atom. The van der Waals surface area contributed by atoms with Gasteiger partial charge in [0.15, 0.2) is 0 Å². The molecular weight excluding hydrogens is 426 g/mol. The normalized spacial score (nSPS) is 52.7. The molecule has 0 spiro atoms. The van der Waals surface area contributed by atoms with E-state index in [1.165, 1.54) is 19.3 Å². The van der Waals surface area contributed by atoms with Gasteiger partial charge in [-0.3, -0.25) is 9.69 Å². The fourth-order valence-corrected chi connectivity index (χ4v) is 10.3. The second kappa shape index (κ2) is 8.31. The number of nitrogens with zero attached hydrogens (tertiary/aromatic N) is 1. The molecule has 2 saturated carbocycles. The summed E-state index contributed by atoms with van der Waals surface area (Å²) in [5.74, 6) is 3.94. The van der Waals surface area contributed by atoms with E-state index in [-0.39, 0.29) is 35.6 Å². The van der Waals surface area contributed by atoms with Gasteiger partial charge >= 0.3 is 5.97 Å². The van der Waals surface area contributed by atoms with E-state index in [9.17, 15) is 15.0 Å². The maximum absolute atomic E-state index is 11.9. The molecule has 2 N–H and O–H groups in total. The highest BCUT2D eigenvalue weighted by Gasteiger charge is 2.58. The van der Waals surface area contributed by atoms with Gasteiger partial charge in [-0.1, -0.05) is 31.9 Å². The highest BCUT2D eigenvalue weighted by Crippen LogP contribution is 2.64. The summed E-state index contributed by atoms with van der Waals surface area (Å²) in [5, 5.41) is 21.5. The third kappa shape index (κ3) is 3.47. The van der Waals surface area contributed by atoms with Crippen molar-refractivity contribution < 1.29 is 19.7 Å². The molecule has 2 heterocycles. The predicted molar refractivity (Wildman–Crippen MR) is 131 cm³/mol. The minimum absolute atomic E-state index is 0.0355. The first kappa shape index (κ1) is 23.5. The van der Waals surface area contributed by atoms with Crippen LogP contribution in [0.2, 0.25) is 0 Å². The summed E-state index contributed by atoms with van der Waals surface area (Å²) >= 11 is 0. The van der Waals surface area contributed by atoms with Crippen LogP contribution in [0.1, 0.15) is 79.1 Å². The Kier molecular flexibility index (Phi) is 5.74. The Balaban J connectivity index is 1.27. The summed E-state index contributed by atoms with van der Waals surface area (Å²) in [4.78, 5) is 14.6. The third-order valence-electron chi connectivity index (χ3n) is 11.6. The van der Waals surface area contributed by atoms with E-state index < -0.39 is 0 Å². The van der Waals surface area contributed by atoms with Crippen molar-refractivity contribution in [3.63, 3.8) is 0 Å². The zero-order valence-corrected chi connectivity index (χ0v) is 21.6. The van der Waals surface area contributed by atoms with Crippen molar-refractivity contribution in [3.05, 3.63) is 11.1 Å². The monoisotopic (exact) mass is 471 g/mol. The predicted octanol–water partition coefficient (Wildman–Crippen LogP) is 4.17. The molecule has 0 amide bonds. The van der Waals surface area contributed by atoms with Crippen molar-refractivity contribution in [2.75, 3.05) is 13.1 Å². The Hall–Kier alpha value is -0.910. The molecule has 0 radical (unpaired) electrons. The lowest BCUT2D eigenvalue weighted by molar-refractivity contribution is -0.166. The van der Waals surface area contributed by atoms with Crippen LogP contribution in [-0.2, 0) is 9.53 Å². The average molecular weight is 472 g/mol. The van der Waals surface area contributed by atoms with Gasteiger partial charge in [-0.2, -0.15) is 0 Å². The van der Waals surface area contributed by atoms with Crippen LogP contribution in [0, 0.1) is 46.8 Å². The SMILES string of the molecule is CC(=O)OC1CC(C)CN2CC3C4CC5=C(CC(O)C6CC(O)CCC56C)C4CCC3C(C)C12. The van der Waals surface area contributed by atoms with Crippen molar-refractivity contribution in [1.29, 1.82) is 0 Å². The van der Waals surface area contributed by atoms with Gasteiger partial charge in [0.2, 0.25) is 0 Å². The zero-order valence-electron chi connectivity index (χ0n) is 21.6. The van der Waals surface area contributed by atoms with E-state index in [0.717, 1.165) is 45.2 Å². The van der Waals surface area contributed by atoms with Crippen molar-refractivity contribution >= 4 is 5.97 Å². The number of ether oxygens (including phenoxy) is 1. The van der Waals surface area contributed by atoms with Crippen molar-refractivity contribution in [2.45, 2.75) is 103 Å². The maximum Gasteiger partial charge on any atom is 0.302 e. The van der Waals surface area contributed by atoms with E-state index in [1.54, 1.807) is 18.1 Å². The molecule has 0 aromatic rings. The van der Waals surface area contributed by atoms with E-state index >= 15 is 0 Å². The van der Waals surface area contributed by atoms with E-state index in [0.29, 0.717) is 41.5 Å². The van der Waals surface area contributed by atoms with Gasteiger partial charge < -0.3 is 14.9 Å². The molecule has 12 atom stereocenters. The Labute approximate surface area is 205 Å². The summed E-state index contributed by atoms with van der Waals surface area (Å²) in [6.45, 7) is 11.0. The molecule has 6 aliphatic rings. The van der Waals surface area contributed by atoms with Gasteiger partial charge in [0.05, 0.1) is 12.2 Å². The molecule has 0 aromatic heterocycles. The fraction of sp³-hybridized carbons (Fsp3) is 0.897. The molecule has 6 rings (SSSR count). The minimum Gasteiger partial charge on any atom is -0.461 e. The highest BCUT2D eigenvalue weighted by molar-refractivity contribution is 5.66. The molecule has 5 heteroatoms. The van der Waals surface area contributed by atoms with Gasteiger partial charge in [0.1, 0.15) is 6.10 Å². The van der Waals surface area contributed by atoms with Crippen LogP contribution in [0.3, 0.4) is 0 Å². The van der Waals surface area contributed by atoms with Crippen molar-refractivity contribution in [2.24, 2.45) is 46.8 Å². The molecule has 4 fully saturated rings.